The van der Waals surface area contributed by atoms with Gasteiger partial charge in [0.2, 0.25) is 0 Å². The molecule has 0 aliphatic heterocycles. The number of hydrazine groups is 1. The van der Waals surface area contributed by atoms with Gasteiger partial charge in [-0.1, -0.05) is 49.7 Å². The van der Waals surface area contributed by atoms with Crippen molar-refractivity contribution in [2.24, 2.45) is 0 Å². The summed E-state index contributed by atoms with van der Waals surface area (Å²) < 4.78 is 0. The molecule has 0 bridgehead atoms. The molecule has 8 heteroatoms. The molecule has 6 nitrogen and oxygen atoms in total. The van der Waals surface area contributed by atoms with Gasteiger partial charge < -0.3 is 10.6 Å². The van der Waals surface area contributed by atoms with Gasteiger partial charge in [-0.15, -0.1) is 0 Å². The number of nitrogens with one attached hydrogen (secondary N) is 4. The van der Waals surface area contributed by atoms with Crippen molar-refractivity contribution in [2.45, 2.75) is 32.7 Å². The molecule has 0 aliphatic rings. The number of hydrogen-bond acceptors (Lipinski definition) is 3. The summed E-state index contributed by atoms with van der Waals surface area (Å²) >= 11 is 11.2. The van der Waals surface area contributed by atoms with E-state index < -0.39 is 17.9 Å². The highest BCUT2D eigenvalue weighted by atomic mass is 35.5. The highest BCUT2D eigenvalue weighted by Gasteiger charge is 2.18. The van der Waals surface area contributed by atoms with Crippen molar-refractivity contribution < 1.29 is 9.59 Å². The molecule has 0 unspecified atom stereocenters. The van der Waals surface area contributed by atoms with Crippen molar-refractivity contribution in [3.05, 3.63) is 64.7 Å². The smallest absolute Gasteiger partial charge is 0.260 e. The SMILES string of the molecule is CC(C)c1ccc(NC(=S)NNC(=O)[C@H](C)NC(=O)c2ccccc2Cl)cc1. The zero-order valence-electron chi connectivity index (χ0n) is 15.9. The van der Waals surface area contributed by atoms with E-state index >= 15 is 0 Å². The van der Waals surface area contributed by atoms with Gasteiger partial charge in [0, 0.05) is 5.69 Å². The van der Waals surface area contributed by atoms with Gasteiger partial charge in [0.05, 0.1) is 10.6 Å². The molecule has 2 amide bonds. The number of rotatable bonds is 5. The fourth-order valence-electron chi connectivity index (χ4n) is 2.33. The quantitative estimate of drug-likeness (QED) is 0.440. The van der Waals surface area contributed by atoms with Gasteiger partial charge in [0.15, 0.2) is 5.11 Å². The van der Waals surface area contributed by atoms with E-state index in [0.717, 1.165) is 5.69 Å². The van der Waals surface area contributed by atoms with Crippen molar-refractivity contribution in [3.63, 3.8) is 0 Å². The van der Waals surface area contributed by atoms with E-state index in [1.54, 1.807) is 31.2 Å². The van der Waals surface area contributed by atoms with Crippen LogP contribution in [0.4, 0.5) is 5.69 Å². The maximum atomic E-state index is 12.2. The van der Waals surface area contributed by atoms with Crippen LogP contribution in [0.5, 0.6) is 0 Å². The molecular formula is C20H23ClN4O2S. The minimum absolute atomic E-state index is 0.232. The first-order valence-electron chi connectivity index (χ1n) is 8.80. The molecule has 148 valence electrons. The predicted octanol–water partition coefficient (Wildman–Crippen LogP) is 3.60. The Morgan fingerprint density at radius 1 is 0.964 bits per heavy atom. The van der Waals surface area contributed by atoms with Gasteiger partial charge in [-0.3, -0.25) is 20.4 Å². The second-order valence-corrected chi connectivity index (χ2v) is 7.34. The molecule has 0 aromatic heterocycles. The molecule has 2 rings (SSSR count). The van der Waals surface area contributed by atoms with E-state index in [-0.39, 0.29) is 5.11 Å². The Balaban J connectivity index is 1.81. The molecule has 0 spiro atoms. The monoisotopic (exact) mass is 418 g/mol. The first-order chi connectivity index (χ1) is 13.3. The van der Waals surface area contributed by atoms with Crippen molar-refractivity contribution >= 4 is 46.4 Å². The summed E-state index contributed by atoms with van der Waals surface area (Å²) in [6, 6.07) is 13.7. The largest absolute Gasteiger partial charge is 0.340 e. The average molecular weight is 419 g/mol. The van der Waals surface area contributed by atoms with Crippen LogP contribution < -0.4 is 21.5 Å². The third-order valence-electron chi connectivity index (χ3n) is 3.99. The summed E-state index contributed by atoms with van der Waals surface area (Å²) in [4.78, 5) is 24.4. The van der Waals surface area contributed by atoms with E-state index in [1.165, 1.54) is 5.56 Å². The van der Waals surface area contributed by atoms with Crippen molar-refractivity contribution in [2.75, 3.05) is 5.32 Å². The number of carbonyl (C=O) groups is 2. The summed E-state index contributed by atoms with van der Waals surface area (Å²) in [5.41, 5.74) is 7.41. The molecular weight excluding hydrogens is 396 g/mol. The Morgan fingerprint density at radius 3 is 2.21 bits per heavy atom. The van der Waals surface area contributed by atoms with Gasteiger partial charge in [-0.05, 0) is 54.9 Å². The molecule has 2 aromatic rings. The molecule has 2 aromatic carbocycles. The lowest BCUT2D eigenvalue weighted by molar-refractivity contribution is -0.123. The summed E-state index contributed by atoms with van der Waals surface area (Å²) in [6.45, 7) is 5.80. The van der Waals surface area contributed by atoms with Gasteiger partial charge in [-0.2, -0.15) is 0 Å². The third kappa shape index (κ3) is 6.21. The third-order valence-corrected chi connectivity index (χ3v) is 4.53. The highest BCUT2D eigenvalue weighted by Crippen LogP contribution is 2.17. The van der Waals surface area contributed by atoms with Gasteiger partial charge in [-0.25, -0.2) is 0 Å². The average Bonchev–Trinajstić information content (AvgIpc) is 2.66. The van der Waals surface area contributed by atoms with E-state index in [4.69, 9.17) is 23.8 Å². The normalized spacial score (nSPS) is 11.5. The Hall–Kier alpha value is -2.64. The van der Waals surface area contributed by atoms with Crippen LogP contribution in [-0.4, -0.2) is 23.0 Å². The van der Waals surface area contributed by atoms with Crippen molar-refractivity contribution in [1.82, 2.24) is 16.2 Å². The molecule has 28 heavy (non-hydrogen) atoms. The number of amides is 2. The first kappa shape index (κ1) is 21.7. The second-order valence-electron chi connectivity index (χ2n) is 6.52. The zero-order chi connectivity index (χ0) is 20.7. The lowest BCUT2D eigenvalue weighted by atomic mass is 10.0. The fraction of sp³-hybridized carbons (Fsp3) is 0.250. The zero-order valence-corrected chi connectivity index (χ0v) is 17.4. The summed E-state index contributed by atoms with van der Waals surface area (Å²) in [5, 5.41) is 6.12. The van der Waals surface area contributed by atoms with Crippen LogP contribution in [0.3, 0.4) is 0 Å². The number of carbonyl (C=O) groups excluding carboxylic acids is 2. The molecule has 4 N–H and O–H groups in total. The van der Waals surface area contributed by atoms with Crippen molar-refractivity contribution in [1.29, 1.82) is 0 Å². The predicted molar refractivity (Wildman–Crippen MR) is 116 cm³/mol. The van der Waals surface area contributed by atoms with Gasteiger partial charge >= 0.3 is 0 Å². The number of hydrogen-bond donors (Lipinski definition) is 4. The maximum Gasteiger partial charge on any atom is 0.260 e. The van der Waals surface area contributed by atoms with Crippen LogP contribution >= 0.6 is 23.8 Å². The molecule has 0 saturated heterocycles. The molecule has 0 fully saturated rings. The Morgan fingerprint density at radius 2 is 1.61 bits per heavy atom. The lowest BCUT2D eigenvalue weighted by Crippen LogP contribution is -2.51. The van der Waals surface area contributed by atoms with Crippen LogP contribution in [0.15, 0.2) is 48.5 Å². The molecule has 0 heterocycles. The fourth-order valence-corrected chi connectivity index (χ4v) is 2.72. The number of thiocarbonyl (C=S) groups is 1. The Labute approximate surface area is 175 Å². The topological polar surface area (TPSA) is 82.3 Å². The first-order valence-corrected chi connectivity index (χ1v) is 9.58. The minimum atomic E-state index is -0.788. The van der Waals surface area contributed by atoms with Gasteiger partial charge in [0.25, 0.3) is 11.8 Å². The maximum absolute atomic E-state index is 12.2. The Kier molecular flexibility index (Phi) is 7.78. The summed E-state index contributed by atoms with van der Waals surface area (Å²) in [5.74, 6) is -0.431. The van der Waals surface area contributed by atoms with Crippen LogP contribution in [0, 0.1) is 0 Å². The summed E-state index contributed by atoms with van der Waals surface area (Å²) in [7, 11) is 0. The standard InChI is InChI=1S/C20H23ClN4O2S/c1-12(2)14-8-10-15(11-9-14)23-20(28)25-24-18(26)13(3)22-19(27)16-6-4-5-7-17(16)21/h4-13H,1-3H3,(H,22,27)(H,24,26)(H2,23,25,28)/t13-/m0/s1. The lowest BCUT2D eigenvalue weighted by Gasteiger charge is -2.16. The molecule has 1 atom stereocenters. The second kappa shape index (κ2) is 10.1. The van der Waals surface area contributed by atoms with E-state index in [1.807, 2.05) is 24.3 Å². The molecule has 0 saturated carbocycles. The van der Waals surface area contributed by atoms with Crippen molar-refractivity contribution in [3.8, 4) is 0 Å². The molecule has 0 radical (unpaired) electrons. The number of halogens is 1. The van der Waals surface area contributed by atoms with Gasteiger partial charge in [0.1, 0.15) is 6.04 Å². The highest BCUT2D eigenvalue weighted by molar-refractivity contribution is 7.80. The van der Waals surface area contributed by atoms with E-state index in [0.29, 0.717) is 16.5 Å². The van der Waals surface area contributed by atoms with Crippen LogP contribution in [0.1, 0.15) is 42.6 Å². The number of benzene rings is 2. The van der Waals surface area contributed by atoms with E-state index in [9.17, 15) is 9.59 Å². The minimum Gasteiger partial charge on any atom is -0.340 e. The van der Waals surface area contributed by atoms with Crippen LogP contribution in [0.25, 0.3) is 0 Å². The number of anilines is 1. The van der Waals surface area contributed by atoms with Crippen LogP contribution in [-0.2, 0) is 4.79 Å². The summed E-state index contributed by atoms with van der Waals surface area (Å²) in [6.07, 6.45) is 0. The molecule has 0 aliphatic carbocycles. The van der Waals surface area contributed by atoms with E-state index in [2.05, 4.69) is 35.3 Å². The Bertz CT molecular complexity index is 856. The van der Waals surface area contributed by atoms with Crippen LogP contribution in [0.2, 0.25) is 5.02 Å².